The van der Waals surface area contributed by atoms with Crippen LogP contribution in [-0.2, 0) is 9.47 Å². The fourth-order valence-electron chi connectivity index (χ4n) is 1.59. The summed E-state index contributed by atoms with van der Waals surface area (Å²) in [6.07, 6.45) is 1.38. The molecule has 16 heavy (non-hydrogen) atoms. The van der Waals surface area contributed by atoms with Gasteiger partial charge >= 0.3 is 0 Å². The van der Waals surface area contributed by atoms with Gasteiger partial charge in [0.05, 0.1) is 25.9 Å². The van der Waals surface area contributed by atoms with Crippen molar-refractivity contribution in [1.82, 2.24) is 10.6 Å². The SMILES string of the molecule is CC(C)(C)NCCCNCC1COCCO1. The van der Waals surface area contributed by atoms with Crippen LogP contribution in [0.1, 0.15) is 27.2 Å². The van der Waals surface area contributed by atoms with Gasteiger partial charge in [0, 0.05) is 12.1 Å². The van der Waals surface area contributed by atoms with Crippen molar-refractivity contribution in [3.8, 4) is 0 Å². The summed E-state index contributed by atoms with van der Waals surface area (Å²) in [7, 11) is 0. The third kappa shape index (κ3) is 7.17. The molecule has 0 spiro atoms. The highest BCUT2D eigenvalue weighted by atomic mass is 16.6. The zero-order valence-electron chi connectivity index (χ0n) is 10.8. The molecule has 1 fully saturated rings. The number of hydrogen-bond donors (Lipinski definition) is 2. The summed E-state index contributed by atoms with van der Waals surface area (Å²) in [5.74, 6) is 0. The van der Waals surface area contributed by atoms with Crippen LogP contribution in [0.5, 0.6) is 0 Å². The van der Waals surface area contributed by atoms with Crippen LogP contribution in [0.4, 0.5) is 0 Å². The molecule has 0 aromatic rings. The van der Waals surface area contributed by atoms with E-state index < -0.39 is 0 Å². The Morgan fingerprint density at radius 1 is 1.19 bits per heavy atom. The predicted octanol–water partition coefficient (Wildman–Crippen LogP) is 0.770. The third-order valence-electron chi connectivity index (χ3n) is 2.44. The van der Waals surface area contributed by atoms with Crippen LogP contribution in [-0.4, -0.2) is 51.1 Å². The van der Waals surface area contributed by atoms with Gasteiger partial charge in [-0.2, -0.15) is 0 Å². The van der Waals surface area contributed by atoms with E-state index in [1.54, 1.807) is 0 Å². The van der Waals surface area contributed by atoms with Crippen LogP contribution in [0, 0.1) is 0 Å². The standard InChI is InChI=1S/C12H26N2O2/c1-12(2,3)14-6-4-5-13-9-11-10-15-7-8-16-11/h11,13-14H,4-10H2,1-3H3. The first kappa shape index (κ1) is 13.9. The summed E-state index contributed by atoms with van der Waals surface area (Å²) >= 11 is 0. The van der Waals surface area contributed by atoms with E-state index >= 15 is 0 Å². The van der Waals surface area contributed by atoms with Gasteiger partial charge in [0.25, 0.3) is 0 Å². The van der Waals surface area contributed by atoms with Gasteiger partial charge in [-0.3, -0.25) is 0 Å². The first-order valence-corrected chi connectivity index (χ1v) is 6.23. The average molecular weight is 230 g/mol. The minimum atomic E-state index is 0.223. The lowest BCUT2D eigenvalue weighted by Gasteiger charge is -2.23. The van der Waals surface area contributed by atoms with Crippen molar-refractivity contribution in [3.63, 3.8) is 0 Å². The molecule has 4 heteroatoms. The Hall–Kier alpha value is -0.160. The van der Waals surface area contributed by atoms with Gasteiger partial charge in [0.1, 0.15) is 0 Å². The minimum absolute atomic E-state index is 0.223. The van der Waals surface area contributed by atoms with Gasteiger partial charge in [0.2, 0.25) is 0 Å². The molecule has 2 N–H and O–H groups in total. The molecule has 1 saturated heterocycles. The molecule has 96 valence electrons. The number of rotatable bonds is 6. The van der Waals surface area contributed by atoms with Crippen molar-refractivity contribution in [2.45, 2.75) is 38.8 Å². The van der Waals surface area contributed by atoms with Crippen LogP contribution in [0.3, 0.4) is 0 Å². The summed E-state index contributed by atoms with van der Waals surface area (Å²) in [4.78, 5) is 0. The molecule has 1 aliphatic heterocycles. The van der Waals surface area contributed by atoms with E-state index in [2.05, 4.69) is 31.4 Å². The van der Waals surface area contributed by atoms with Crippen molar-refractivity contribution in [1.29, 1.82) is 0 Å². The van der Waals surface area contributed by atoms with E-state index in [1.165, 1.54) is 0 Å². The zero-order valence-corrected chi connectivity index (χ0v) is 10.8. The molecule has 1 unspecified atom stereocenters. The van der Waals surface area contributed by atoms with E-state index in [0.29, 0.717) is 0 Å². The zero-order chi connectivity index (χ0) is 11.9. The van der Waals surface area contributed by atoms with Crippen LogP contribution in [0.2, 0.25) is 0 Å². The Bertz CT molecular complexity index is 174. The molecule has 4 nitrogen and oxygen atoms in total. The largest absolute Gasteiger partial charge is 0.376 e. The van der Waals surface area contributed by atoms with Crippen LogP contribution in [0.25, 0.3) is 0 Å². The van der Waals surface area contributed by atoms with E-state index in [-0.39, 0.29) is 11.6 Å². The van der Waals surface area contributed by atoms with Crippen molar-refractivity contribution in [3.05, 3.63) is 0 Å². The molecule has 0 aromatic heterocycles. The topological polar surface area (TPSA) is 42.5 Å². The molecule has 1 atom stereocenters. The number of hydrogen-bond acceptors (Lipinski definition) is 4. The summed E-state index contributed by atoms with van der Waals surface area (Å²) in [5, 5.41) is 6.86. The minimum Gasteiger partial charge on any atom is -0.376 e. The lowest BCUT2D eigenvalue weighted by Crippen LogP contribution is -2.39. The van der Waals surface area contributed by atoms with Gasteiger partial charge in [-0.05, 0) is 40.3 Å². The lowest BCUT2D eigenvalue weighted by atomic mass is 10.1. The van der Waals surface area contributed by atoms with E-state index in [0.717, 1.165) is 45.9 Å². The molecule has 0 saturated carbocycles. The fraction of sp³-hybridized carbons (Fsp3) is 1.00. The maximum Gasteiger partial charge on any atom is 0.0933 e. The molecule has 0 radical (unpaired) electrons. The molecule has 0 bridgehead atoms. The van der Waals surface area contributed by atoms with Crippen molar-refractivity contribution in [2.24, 2.45) is 0 Å². The second-order valence-corrected chi connectivity index (χ2v) is 5.30. The van der Waals surface area contributed by atoms with Crippen LogP contribution >= 0.6 is 0 Å². The maximum absolute atomic E-state index is 5.54. The summed E-state index contributed by atoms with van der Waals surface area (Å²) in [6, 6.07) is 0. The summed E-state index contributed by atoms with van der Waals surface area (Å²) < 4.78 is 10.9. The Labute approximate surface area is 99.1 Å². The van der Waals surface area contributed by atoms with Crippen molar-refractivity contribution in [2.75, 3.05) is 39.5 Å². The summed E-state index contributed by atoms with van der Waals surface area (Å²) in [5.41, 5.74) is 0.223. The van der Waals surface area contributed by atoms with E-state index in [4.69, 9.17) is 9.47 Å². The molecule has 0 aromatic carbocycles. The van der Waals surface area contributed by atoms with Gasteiger partial charge in [-0.25, -0.2) is 0 Å². The Morgan fingerprint density at radius 3 is 2.62 bits per heavy atom. The molecule has 1 aliphatic rings. The number of ether oxygens (including phenoxy) is 2. The smallest absolute Gasteiger partial charge is 0.0933 e. The fourth-order valence-corrected chi connectivity index (χ4v) is 1.59. The first-order valence-electron chi connectivity index (χ1n) is 6.23. The average Bonchev–Trinajstić information content (AvgIpc) is 2.23. The highest BCUT2D eigenvalue weighted by Crippen LogP contribution is 1.99. The molecule has 1 heterocycles. The molecular weight excluding hydrogens is 204 g/mol. The lowest BCUT2D eigenvalue weighted by molar-refractivity contribution is -0.0862. The second-order valence-electron chi connectivity index (χ2n) is 5.30. The quantitative estimate of drug-likeness (QED) is 0.662. The van der Waals surface area contributed by atoms with Gasteiger partial charge in [0.15, 0.2) is 0 Å². The first-order chi connectivity index (χ1) is 7.58. The molecule has 1 rings (SSSR count). The Morgan fingerprint density at radius 2 is 2.00 bits per heavy atom. The van der Waals surface area contributed by atoms with Crippen LogP contribution < -0.4 is 10.6 Å². The Kier molecular flexibility index (Phi) is 6.28. The van der Waals surface area contributed by atoms with Crippen molar-refractivity contribution >= 4 is 0 Å². The van der Waals surface area contributed by atoms with E-state index in [1.807, 2.05) is 0 Å². The molecule has 0 amide bonds. The highest BCUT2D eigenvalue weighted by molar-refractivity contribution is 4.70. The maximum atomic E-state index is 5.54. The van der Waals surface area contributed by atoms with E-state index in [9.17, 15) is 0 Å². The monoisotopic (exact) mass is 230 g/mol. The van der Waals surface area contributed by atoms with Crippen molar-refractivity contribution < 1.29 is 9.47 Å². The van der Waals surface area contributed by atoms with Gasteiger partial charge in [-0.1, -0.05) is 0 Å². The summed E-state index contributed by atoms with van der Waals surface area (Å²) in [6.45, 7) is 11.8. The number of nitrogens with one attached hydrogen (secondary N) is 2. The normalized spacial score (nSPS) is 22.3. The highest BCUT2D eigenvalue weighted by Gasteiger charge is 2.13. The van der Waals surface area contributed by atoms with Gasteiger partial charge < -0.3 is 20.1 Å². The van der Waals surface area contributed by atoms with Gasteiger partial charge in [-0.15, -0.1) is 0 Å². The molecule has 0 aliphatic carbocycles. The molecular formula is C12H26N2O2. The Balaban J connectivity index is 1.87. The second kappa shape index (κ2) is 7.22. The predicted molar refractivity (Wildman–Crippen MR) is 65.8 cm³/mol. The third-order valence-corrected chi connectivity index (χ3v) is 2.44. The van der Waals surface area contributed by atoms with Crippen LogP contribution in [0.15, 0.2) is 0 Å².